The molecule has 6 heteroatoms. The standard InChI is InChI=1S/C9H15BrN4O/c1-5(4-8(15)12-11)14-7(3)9(10)6(2)13-14/h5H,4,11H2,1-3H3,(H,12,15). The van der Waals surface area contributed by atoms with E-state index in [4.69, 9.17) is 5.84 Å². The van der Waals surface area contributed by atoms with Crippen LogP contribution in [0.15, 0.2) is 4.47 Å². The monoisotopic (exact) mass is 274 g/mol. The predicted octanol–water partition coefficient (Wildman–Crippen LogP) is 1.20. The van der Waals surface area contributed by atoms with E-state index < -0.39 is 0 Å². The average molecular weight is 275 g/mol. The third kappa shape index (κ3) is 2.57. The summed E-state index contributed by atoms with van der Waals surface area (Å²) in [5.74, 6) is 4.84. The first-order chi connectivity index (χ1) is 6.97. The van der Waals surface area contributed by atoms with E-state index in [0.717, 1.165) is 15.9 Å². The van der Waals surface area contributed by atoms with Crippen LogP contribution in [0.4, 0.5) is 0 Å². The number of hydrogen-bond donors (Lipinski definition) is 2. The van der Waals surface area contributed by atoms with E-state index >= 15 is 0 Å². The minimum Gasteiger partial charge on any atom is -0.294 e. The number of rotatable bonds is 3. The summed E-state index contributed by atoms with van der Waals surface area (Å²) in [7, 11) is 0. The normalized spacial score (nSPS) is 12.6. The first-order valence-electron chi connectivity index (χ1n) is 4.68. The Morgan fingerprint density at radius 2 is 2.27 bits per heavy atom. The number of nitrogens with two attached hydrogens (primary N) is 1. The van der Waals surface area contributed by atoms with Gasteiger partial charge in [0.05, 0.1) is 28.3 Å². The lowest BCUT2D eigenvalue weighted by Gasteiger charge is -2.13. The van der Waals surface area contributed by atoms with Crippen LogP contribution < -0.4 is 11.3 Å². The molecule has 0 aromatic carbocycles. The highest BCUT2D eigenvalue weighted by atomic mass is 79.9. The lowest BCUT2D eigenvalue weighted by Crippen LogP contribution is -2.31. The van der Waals surface area contributed by atoms with Crippen molar-refractivity contribution < 1.29 is 4.79 Å². The van der Waals surface area contributed by atoms with Crippen LogP contribution in [0.2, 0.25) is 0 Å². The third-order valence-corrected chi connectivity index (χ3v) is 3.44. The van der Waals surface area contributed by atoms with Gasteiger partial charge in [0.2, 0.25) is 5.91 Å². The zero-order valence-electron chi connectivity index (χ0n) is 9.04. The maximum absolute atomic E-state index is 11.1. The van der Waals surface area contributed by atoms with Crippen molar-refractivity contribution >= 4 is 21.8 Å². The molecule has 3 N–H and O–H groups in total. The molecule has 84 valence electrons. The van der Waals surface area contributed by atoms with Crippen molar-refractivity contribution in [2.45, 2.75) is 33.2 Å². The Bertz CT molecular complexity index is 374. The Balaban J connectivity index is 2.87. The van der Waals surface area contributed by atoms with Crippen LogP contribution in [0.1, 0.15) is 30.8 Å². The van der Waals surface area contributed by atoms with Gasteiger partial charge >= 0.3 is 0 Å². The van der Waals surface area contributed by atoms with Crippen LogP contribution >= 0.6 is 15.9 Å². The molecule has 0 aliphatic heterocycles. The fraction of sp³-hybridized carbons (Fsp3) is 0.556. The zero-order chi connectivity index (χ0) is 11.6. The Morgan fingerprint density at radius 1 is 1.67 bits per heavy atom. The molecule has 1 heterocycles. The van der Waals surface area contributed by atoms with Gasteiger partial charge in [0.15, 0.2) is 0 Å². The molecule has 0 saturated heterocycles. The molecule has 1 aromatic heterocycles. The molecule has 0 spiro atoms. The SMILES string of the molecule is Cc1nn(C(C)CC(=O)NN)c(C)c1Br. The summed E-state index contributed by atoms with van der Waals surface area (Å²) in [6.45, 7) is 5.81. The molecule has 0 radical (unpaired) electrons. The van der Waals surface area contributed by atoms with Crippen molar-refractivity contribution in [1.82, 2.24) is 15.2 Å². The fourth-order valence-corrected chi connectivity index (χ4v) is 1.75. The van der Waals surface area contributed by atoms with Gasteiger partial charge in [0, 0.05) is 0 Å². The van der Waals surface area contributed by atoms with Crippen LogP contribution in [0.3, 0.4) is 0 Å². The van der Waals surface area contributed by atoms with Crippen LogP contribution in [0.5, 0.6) is 0 Å². The van der Waals surface area contributed by atoms with Crippen LogP contribution in [-0.2, 0) is 4.79 Å². The van der Waals surface area contributed by atoms with Crippen LogP contribution in [0.25, 0.3) is 0 Å². The molecule has 0 aliphatic rings. The zero-order valence-corrected chi connectivity index (χ0v) is 10.6. The number of aryl methyl sites for hydroxylation is 1. The van der Waals surface area contributed by atoms with E-state index in [9.17, 15) is 4.79 Å². The first kappa shape index (κ1) is 12.2. The molecule has 0 fully saturated rings. The lowest BCUT2D eigenvalue weighted by molar-refractivity contribution is -0.121. The molecule has 0 aliphatic carbocycles. The van der Waals surface area contributed by atoms with E-state index in [0.29, 0.717) is 6.42 Å². The highest BCUT2D eigenvalue weighted by molar-refractivity contribution is 9.10. The van der Waals surface area contributed by atoms with E-state index in [1.54, 1.807) is 0 Å². The second-order valence-corrected chi connectivity index (χ2v) is 4.34. The Kier molecular flexibility index (Phi) is 3.87. The lowest BCUT2D eigenvalue weighted by atomic mass is 10.2. The number of halogens is 1. The van der Waals surface area contributed by atoms with Gasteiger partial charge in [-0.3, -0.25) is 14.9 Å². The van der Waals surface area contributed by atoms with Crippen molar-refractivity contribution in [2.24, 2.45) is 5.84 Å². The van der Waals surface area contributed by atoms with Gasteiger partial charge in [-0.15, -0.1) is 0 Å². The van der Waals surface area contributed by atoms with Crippen molar-refractivity contribution in [1.29, 1.82) is 0 Å². The van der Waals surface area contributed by atoms with E-state index in [2.05, 4.69) is 26.5 Å². The van der Waals surface area contributed by atoms with E-state index in [-0.39, 0.29) is 11.9 Å². The summed E-state index contributed by atoms with van der Waals surface area (Å²) < 4.78 is 2.82. The number of hydrazine groups is 1. The van der Waals surface area contributed by atoms with Crippen molar-refractivity contribution in [2.75, 3.05) is 0 Å². The molecule has 1 unspecified atom stereocenters. The van der Waals surface area contributed by atoms with Crippen molar-refractivity contribution in [3.05, 3.63) is 15.9 Å². The molecule has 1 rings (SSSR count). The summed E-state index contributed by atoms with van der Waals surface area (Å²) in [5, 5.41) is 4.35. The quantitative estimate of drug-likeness (QED) is 0.494. The summed E-state index contributed by atoms with van der Waals surface area (Å²) in [5.41, 5.74) is 4.06. The maximum atomic E-state index is 11.1. The highest BCUT2D eigenvalue weighted by Gasteiger charge is 2.16. The number of carbonyl (C=O) groups excluding carboxylic acids is 1. The van der Waals surface area contributed by atoms with Gasteiger partial charge in [-0.2, -0.15) is 5.10 Å². The second kappa shape index (κ2) is 4.76. The number of nitrogens with one attached hydrogen (secondary N) is 1. The minimum atomic E-state index is -0.189. The van der Waals surface area contributed by atoms with E-state index in [1.165, 1.54) is 0 Å². The Morgan fingerprint density at radius 3 is 2.67 bits per heavy atom. The van der Waals surface area contributed by atoms with Gasteiger partial charge in [0.1, 0.15) is 0 Å². The molecule has 1 amide bonds. The fourth-order valence-electron chi connectivity index (χ4n) is 1.49. The van der Waals surface area contributed by atoms with E-state index in [1.807, 2.05) is 25.5 Å². The number of carbonyl (C=O) groups is 1. The van der Waals surface area contributed by atoms with Crippen molar-refractivity contribution in [3.63, 3.8) is 0 Å². The summed E-state index contributed by atoms with van der Waals surface area (Å²) in [4.78, 5) is 11.1. The topological polar surface area (TPSA) is 72.9 Å². The second-order valence-electron chi connectivity index (χ2n) is 3.55. The van der Waals surface area contributed by atoms with Gasteiger partial charge < -0.3 is 0 Å². The van der Waals surface area contributed by atoms with Gasteiger partial charge in [-0.05, 0) is 36.7 Å². The third-order valence-electron chi connectivity index (χ3n) is 2.30. The van der Waals surface area contributed by atoms with Crippen LogP contribution in [-0.4, -0.2) is 15.7 Å². The number of hydrogen-bond acceptors (Lipinski definition) is 3. The molecule has 0 saturated carbocycles. The summed E-state index contributed by atoms with van der Waals surface area (Å²) >= 11 is 3.44. The Labute approximate surface area is 97.1 Å². The maximum Gasteiger partial charge on any atom is 0.236 e. The molecule has 1 atom stereocenters. The van der Waals surface area contributed by atoms with Gasteiger partial charge in [-0.25, -0.2) is 5.84 Å². The largest absolute Gasteiger partial charge is 0.294 e. The average Bonchev–Trinajstić information content (AvgIpc) is 2.45. The molecule has 0 bridgehead atoms. The molecule has 5 nitrogen and oxygen atoms in total. The van der Waals surface area contributed by atoms with Gasteiger partial charge in [0.25, 0.3) is 0 Å². The molecular weight excluding hydrogens is 260 g/mol. The highest BCUT2D eigenvalue weighted by Crippen LogP contribution is 2.23. The minimum absolute atomic E-state index is 0.00134. The van der Waals surface area contributed by atoms with Crippen molar-refractivity contribution in [3.8, 4) is 0 Å². The molecular formula is C9H15BrN4O. The van der Waals surface area contributed by atoms with Gasteiger partial charge in [-0.1, -0.05) is 0 Å². The first-order valence-corrected chi connectivity index (χ1v) is 5.47. The Hall–Kier alpha value is -0.880. The molecule has 15 heavy (non-hydrogen) atoms. The summed E-state index contributed by atoms with van der Waals surface area (Å²) in [6.07, 6.45) is 0.324. The summed E-state index contributed by atoms with van der Waals surface area (Å²) in [6, 6.07) is -0.00134. The number of aromatic nitrogens is 2. The number of nitrogens with zero attached hydrogens (tertiary/aromatic N) is 2. The predicted molar refractivity (Wildman–Crippen MR) is 61.1 cm³/mol. The molecule has 1 aromatic rings. The smallest absolute Gasteiger partial charge is 0.236 e. The number of amides is 1. The van der Waals surface area contributed by atoms with Crippen LogP contribution in [0, 0.1) is 13.8 Å².